The quantitative estimate of drug-likeness (QED) is 0.701. The van der Waals surface area contributed by atoms with Crippen LogP contribution in [0.3, 0.4) is 0 Å². The van der Waals surface area contributed by atoms with Crippen LogP contribution in [0.1, 0.15) is 0 Å². The average molecular weight is 256 g/mol. The molecule has 2 aromatic heterocycles. The zero-order chi connectivity index (χ0) is 12.4. The van der Waals surface area contributed by atoms with Crippen LogP contribution in [0.5, 0.6) is 0 Å². The maximum atomic E-state index is 6.16. The molecule has 0 saturated heterocycles. The summed E-state index contributed by atoms with van der Waals surface area (Å²) in [4.78, 5) is 4.25. The molecule has 0 N–H and O–H groups in total. The Balaban J connectivity index is 2.03. The zero-order valence-corrected chi connectivity index (χ0v) is 10.2. The standard InChI is InChI=1S/C14H10ClN3/c15-13-6-2-1-5-12(13)11-9-17-18(10-11)14-7-3-4-8-16-14/h1-10H. The fourth-order valence-corrected chi connectivity index (χ4v) is 2.02. The van der Waals surface area contributed by atoms with Gasteiger partial charge >= 0.3 is 0 Å². The van der Waals surface area contributed by atoms with Crippen molar-refractivity contribution < 1.29 is 0 Å². The predicted molar refractivity (Wildman–Crippen MR) is 71.8 cm³/mol. The van der Waals surface area contributed by atoms with Crippen LogP contribution in [0.2, 0.25) is 5.02 Å². The normalized spacial score (nSPS) is 10.5. The van der Waals surface area contributed by atoms with Gasteiger partial charge in [0.1, 0.15) is 0 Å². The molecule has 3 rings (SSSR count). The van der Waals surface area contributed by atoms with Crippen molar-refractivity contribution in [2.45, 2.75) is 0 Å². The highest BCUT2D eigenvalue weighted by Gasteiger charge is 2.06. The second-order valence-corrected chi connectivity index (χ2v) is 4.25. The molecular formula is C14H10ClN3. The molecule has 0 aliphatic heterocycles. The predicted octanol–water partition coefficient (Wildman–Crippen LogP) is 3.59. The van der Waals surface area contributed by atoms with Gasteiger partial charge in [-0.15, -0.1) is 0 Å². The lowest BCUT2D eigenvalue weighted by molar-refractivity contribution is 0.847. The summed E-state index contributed by atoms with van der Waals surface area (Å²) in [5, 5.41) is 5.02. The third-order valence-corrected chi connectivity index (χ3v) is 2.98. The van der Waals surface area contributed by atoms with E-state index in [2.05, 4.69) is 10.1 Å². The maximum absolute atomic E-state index is 6.16. The van der Waals surface area contributed by atoms with Crippen molar-refractivity contribution >= 4 is 11.6 Å². The molecule has 1 aromatic carbocycles. The highest BCUT2D eigenvalue weighted by Crippen LogP contribution is 2.27. The minimum Gasteiger partial charge on any atom is -0.237 e. The van der Waals surface area contributed by atoms with E-state index in [0.29, 0.717) is 0 Å². The summed E-state index contributed by atoms with van der Waals surface area (Å²) in [6, 6.07) is 13.4. The lowest BCUT2D eigenvalue weighted by atomic mass is 10.1. The van der Waals surface area contributed by atoms with Gasteiger partial charge in [0.15, 0.2) is 5.82 Å². The summed E-state index contributed by atoms with van der Waals surface area (Å²) in [5.41, 5.74) is 1.95. The Morgan fingerprint density at radius 1 is 1.00 bits per heavy atom. The molecule has 0 atom stereocenters. The summed E-state index contributed by atoms with van der Waals surface area (Å²) in [6.45, 7) is 0. The number of rotatable bonds is 2. The number of halogens is 1. The molecule has 0 saturated carbocycles. The molecule has 0 bridgehead atoms. The fourth-order valence-electron chi connectivity index (χ4n) is 1.77. The van der Waals surface area contributed by atoms with Gasteiger partial charge in [-0.05, 0) is 18.2 Å². The van der Waals surface area contributed by atoms with E-state index in [1.165, 1.54) is 0 Å². The van der Waals surface area contributed by atoms with E-state index in [-0.39, 0.29) is 0 Å². The van der Waals surface area contributed by atoms with Crippen LogP contribution in [-0.4, -0.2) is 14.8 Å². The molecule has 88 valence electrons. The first-order valence-corrected chi connectivity index (χ1v) is 5.93. The van der Waals surface area contributed by atoms with Crippen LogP contribution in [0, 0.1) is 0 Å². The monoisotopic (exact) mass is 255 g/mol. The Bertz CT molecular complexity index is 662. The third-order valence-electron chi connectivity index (χ3n) is 2.65. The molecule has 0 amide bonds. The molecule has 2 heterocycles. The van der Waals surface area contributed by atoms with E-state index < -0.39 is 0 Å². The summed E-state index contributed by atoms with van der Waals surface area (Å²) >= 11 is 6.16. The van der Waals surface area contributed by atoms with Gasteiger partial charge in [-0.1, -0.05) is 35.9 Å². The fraction of sp³-hybridized carbons (Fsp3) is 0. The Morgan fingerprint density at radius 3 is 2.61 bits per heavy atom. The highest BCUT2D eigenvalue weighted by molar-refractivity contribution is 6.33. The Kier molecular flexibility index (Phi) is 2.82. The summed E-state index contributed by atoms with van der Waals surface area (Å²) < 4.78 is 1.73. The largest absolute Gasteiger partial charge is 0.237 e. The van der Waals surface area contributed by atoms with Crippen LogP contribution in [0.15, 0.2) is 61.1 Å². The molecule has 0 radical (unpaired) electrons. The molecule has 0 spiro atoms. The van der Waals surface area contributed by atoms with Crippen molar-refractivity contribution in [3.8, 4) is 16.9 Å². The number of hydrogen-bond acceptors (Lipinski definition) is 2. The molecule has 3 nitrogen and oxygen atoms in total. The van der Waals surface area contributed by atoms with Crippen LogP contribution in [0.4, 0.5) is 0 Å². The van der Waals surface area contributed by atoms with Crippen molar-refractivity contribution in [3.05, 3.63) is 66.1 Å². The van der Waals surface area contributed by atoms with Crippen LogP contribution < -0.4 is 0 Å². The average Bonchev–Trinajstić information content (AvgIpc) is 2.90. The minimum atomic E-state index is 0.720. The van der Waals surface area contributed by atoms with Gasteiger partial charge in [-0.25, -0.2) is 9.67 Å². The SMILES string of the molecule is Clc1ccccc1-c1cnn(-c2ccccn2)c1. The van der Waals surface area contributed by atoms with Gasteiger partial charge in [0.25, 0.3) is 0 Å². The van der Waals surface area contributed by atoms with Crippen LogP contribution in [-0.2, 0) is 0 Å². The Morgan fingerprint density at radius 2 is 1.83 bits per heavy atom. The highest BCUT2D eigenvalue weighted by atomic mass is 35.5. The lowest BCUT2D eigenvalue weighted by Gasteiger charge is -2.00. The number of nitrogens with zero attached hydrogens (tertiary/aromatic N) is 3. The van der Waals surface area contributed by atoms with Crippen molar-refractivity contribution in [2.24, 2.45) is 0 Å². The van der Waals surface area contributed by atoms with E-state index >= 15 is 0 Å². The van der Waals surface area contributed by atoms with Crippen molar-refractivity contribution in [1.29, 1.82) is 0 Å². The van der Waals surface area contributed by atoms with E-state index in [1.807, 2.05) is 48.7 Å². The van der Waals surface area contributed by atoms with Gasteiger partial charge < -0.3 is 0 Å². The number of benzene rings is 1. The summed E-state index contributed by atoms with van der Waals surface area (Å²) in [7, 11) is 0. The molecule has 0 aliphatic carbocycles. The molecule has 0 fully saturated rings. The van der Waals surface area contributed by atoms with Gasteiger partial charge in [0, 0.05) is 28.5 Å². The third kappa shape index (κ3) is 2.00. The number of hydrogen-bond donors (Lipinski definition) is 0. The molecule has 0 unspecified atom stereocenters. The van der Waals surface area contributed by atoms with E-state index in [1.54, 1.807) is 17.1 Å². The molecule has 0 aliphatic rings. The Labute approximate surface area is 110 Å². The second-order valence-electron chi connectivity index (χ2n) is 3.84. The smallest absolute Gasteiger partial charge is 0.153 e. The van der Waals surface area contributed by atoms with Crippen molar-refractivity contribution in [1.82, 2.24) is 14.8 Å². The lowest BCUT2D eigenvalue weighted by Crippen LogP contribution is -1.95. The number of aromatic nitrogens is 3. The Hall–Kier alpha value is -2.13. The first-order chi connectivity index (χ1) is 8.84. The molecular weight excluding hydrogens is 246 g/mol. The first kappa shape index (κ1) is 11.0. The maximum Gasteiger partial charge on any atom is 0.153 e. The van der Waals surface area contributed by atoms with E-state index in [4.69, 9.17) is 11.6 Å². The van der Waals surface area contributed by atoms with Gasteiger partial charge in [0.2, 0.25) is 0 Å². The first-order valence-electron chi connectivity index (χ1n) is 5.55. The van der Waals surface area contributed by atoms with E-state index in [0.717, 1.165) is 22.0 Å². The summed E-state index contributed by atoms with van der Waals surface area (Å²) in [6.07, 6.45) is 5.45. The molecule has 3 aromatic rings. The van der Waals surface area contributed by atoms with Crippen molar-refractivity contribution in [3.63, 3.8) is 0 Å². The number of pyridine rings is 1. The van der Waals surface area contributed by atoms with E-state index in [9.17, 15) is 0 Å². The topological polar surface area (TPSA) is 30.7 Å². The zero-order valence-electron chi connectivity index (χ0n) is 9.49. The van der Waals surface area contributed by atoms with Gasteiger partial charge in [0.05, 0.1) is 6.20 Å². The van der Waals surface area contributed by atoms with Crippen molar-refractivity contribution in [2.75, 3.05) is 0 Å². The molecule has 18 heavy (non-hydrogen) atoms. The summed E-state index contributed by atoms with van der Waals surface area (Å²) in [5.74, 6) is 0.788. The van der Waals surface area contributed by atoms with Crippen LogP contribution >= 0.6 is 11.6 Å². The van der Waals surface area contributed by atoms with Crippen LogP contribution in [0.25, 0.3) is 16.9 Å². The van der Waals surface area contributed by atoms with Gasteiger partial charge in [-0.2, -0.15) is 5.10 Å². The van der Waals surface area contributed by atoms with Gasteiger partial charge in [-0.3, -0.25) is 0 Å². The minimum absolute atomic E-state index is 0.720. The molecule has 4 heteroatoms. The second kappa shape index (κ2) is 4.63.